The lowest BCUT2D eigenvalue weighted by molar-refractivity contribution is 0.390. The summed E-state index contributed by atoms with van der Waals surface area (Å²) in [5.41, 5.74) is 4.71. The number of anilines is 1. The number of hydrogen-bond acceptors (Lipinski definition) is 5. The van der Waals surface area contributed by atoms with Crippen LogP contribution < -0.4 is 11.3 Å². The summed E-state index contributed by atoms with van der Waals surface area (Å²) in [5.74, 6) is 6.97. The van der Waals surface area contributed by atoms with Crippen LogP contribution in [0.2, 0.25) is 0 Å². The second-order valence-corrected chi connectivity index (χ2v) is 3.79. The predicted molar refractivity (Wildman–Crippen MR) is 61.3 cm³/mol. The summed E-state index contributed by atoms with van der Waals surface area (Å²) in [6, 6.07) is 0. The number of hydrazine groups is 1. The molecule has 0 atom stereocenters. The van der Waals surface area contributed by atoms with Crippen LogP contribution in [0.25, 0.3) is 0 Å². The van der Waals surface area contributed by atoms with Crippen molar-refractivity contribution in [2.24, 2.45) is 5.84 Å². The van der Waals surface area contributed by atoms with Crippen molar-refractivity contribution < 1.29 is 0 Å². The summed E-state index contributed by atoms with van der Waals surface area (Å²) in [5, 5.41) is 0. The molecule has 15 heavy (non-hydrogen) atoms. The van der Waals surface area contributed by atoms with Crippen LogP contribution in [0, 0.1) is 6.92 Å². The topological polar surface area (TPSA) is 67.1 Å². The number of nitrogens with one attached hydrogen (secondary N) is 1. The Balaban J connectivity index is 3.08. The van der Waals surface area contributed by atoms with Crippen LogP contribution in [0.5, 0.6) is 0 Å². The third kappa shape index (κ3) is 2.87. The maximum Gasteiger partial charge on any atom is 0.147 e. The maximum atomic E-state index is 5.44. The quantitative estimate of drug-likeness (QED) is 0.564. The van der Waals surface area contributed by atoms with Crippen molar-refractivity contribution in [3.8, 4) is 0 Å². The Morgan fingerprint density at radius 1 is 1.33 bits per heavy atom. The zero-order chi connectivity index (χ0) is 11.4. The highest BCUT2D eigenvalue weighted by Gasteiger charge is 2.09. The van der Waals surface area contributed by atoms with Crippen LogP contribution in [0.4, 0.5) is 5.82 Å². The molecular formula is C10H19N5. The molecule has 0 bridgehead atoms. The number of nitrogens with zero attached hydrogens (tertiary/aromatic N) is 3. The molecule has 1 aromatic rings. The molecule has 3 N–H and O–H groups in total. The third-order valence-corrected chi connectivity index (χ3v) is 2.21. The highest BCUT2D eigenvalue weighted by molar-refractivity contribution is 5.45. The Labute approximate surface area is 90.7 Å². The van der Waals surface area contributed by atoms with E-state index in [-0.39, 0.29) is 0 Å². The zero-order valence-electron chi connectivity index (χ0n) is 9.83. The smallest absolute Gasteiger partial charge is 0.147 e. The first-order chi connectivity index (χ1) is 7.08. The first-order valence-electron chi connectivity index (χ1n) is 5.06. The monoisotopic (exact) mass is 209 g/mol. The van der Waals surface area contributed by atoms with Gasteiger partial charge in [0.1, 0.15) is 11.6 Å². The minimum absolute atomic E-state index is 0.722. The number of nitrogen functional groups attached to an aromatic ring is 1. The molecule has 0 saturated heterocycles. The van der Waals surface area contributed by atoms with Crippen molar-refractivity contribution in [1.29, 1.82) is 0 Å². The predicted octanol–water partition coefficient (Wildman–Crippen LogP) is 0.695. The first-order valence-corrected chi connectivity index (χ1v) is 5.06. The molecule has 0 aliphatic rings. The minimum atomic E-state index is 0.722. The van der Waals surface area contributed by atoms with Crippen LogP contribution in [0.3, 0.4) is 0 Å². The molecule has 0 aliphatic carbocycles. The van der Waals surface area contributed by atoms with Gasteiger partial charge in [0.2, 0.25) is 0 Å². The number of rotatable bonds is 4. The van der Waals surface area contributed by atoms with E-state index in [1.807, 2.05) is 25.9 Å². The van der Waals surface area contributed by atoms with Gasteiger partial charge in [-0.15, -0.1) is 0 Å². The van der Waals surface area contributed by atoms with E-state index >= 15 is 0 Å². The summed E-state index contributed by atoms with van der Waals surface area (Å²) in [6.07, 6.45) is 0.883. The summed E-state index contributed by atoms with van der Waals surface area (Å²) >= 11 is 0. The Kier molecular flexibility index (Phi) is 3.99. The zero-order valence-corrected chi connectivity index (χ0v) is 9.83. The van der Waals surface area contributed by atoms with Gasteiger partial charge in [-0.3, -0.25) is 0 Å². The van der Waals surface area contributed by atoms with Gasteiger partial charge < -0.3 is 10.3 Å². The van der Waals surface area contributed by atoms with Gasteiger partial charge in [-0.2, -0.15) is 0 Å². The van der Waals surface area contributed by atoms with Crippen molar-refractivity contribution in [2.45, 2.75) is 26.8 Å². The molecule has 84 valence electrons. The van der Waals surface area contributed by atoms with Crippen molar-refractivity contribution in [3.63, 3.8) is 0 Å². The summed E-state index contributed by atoms with van der Waals surface area (Å²) in [7, 11) is 3.98. The van der Waals surface area contributed by atoms with Gasteiger partial charge in [0.15, 0.2) is 0 Å². The lowest BCUT2D eigenvalue weighted by atomic mass is 10.1. The van der Waals surface area contributed by atoms with Gasteiger partial charge >= 0.3 is 0 Å². The van der Waals surface area contributed by atoms with Gasteiger partial charge in [-0.1, -0.05) is 6.92 Å². The van der Waals surface area contributed by atoms with Crippen LogP contribution in [0.1, 0.15) is 24.0 Å². The summed E-state index contributed by atoms with van der Waals surface area (Å²) < 4.78 is 0. The second-order valence-electron chi connectivity index (χ2n) is 3.79. The Morgan fingerprint density at radius 3 is 2.47 bits per heavy atom. The number of hydrogen-bond donors (Lipinski definition) is 2. The molecule has 5 nitrogen and oxygen atoms in total. The second kappa shape index (κ2) is 5.04. The molecular weight excluding hydrogens is 190 g/mol. The lowest BCUT2D eigenvalue weighted by Crippen LogP contribution is -2.18. The van der Waals surface area contributed by atoms with E-state index in [1.54, 1.807) is 0 Å². The Morgan fingerprint density at radius 2 is 2.00 bits per heavy atom. The molecule has 0 fully saturated rings. The molecule has 0 aliphatic heterocycles. The average Bonchev–Trinajstić information content (AvgIpc) is 2.15. The molecule has 0 radical (unpaired) electrons. The van der Waals surface area contributed by atoms with Gasteiger partial charge in [-0.05, 0) is 27.4 Å². The lowest BCUT2D eigenvalue weighted by Gasteiger charge is -2.13. The molecule has 0 unspecified atom stereocenters. The number of aryl methyl sites for hydroxylation is 1. The van der Waals surface area contributed by atoms with Crippen molar-refractivity contribution in [3.05, 3.63) is 17.1 Å². The minimum Gasteiger partial charge on any atom is -0.308 e. The van der Waals surface area contributed by atoms with E-state index in [0.29, 0.717) is 0 Å². The largest absolute Gasteiger partial charge is 0.308 e. The molecule has 1 aromatic heterocycles. The average molecular weight is 209 g/mol. The molecule has 1 rings (SSSR count). The molecule has 5 heteroatoms. The van der Waals surface area contributed by atoms with Gasteiger partial charge in [0.05, 0.1) is 6.54 Å². The van der Waals surface area contributed by atoms with Gasteiger partial charge in [0, 0.05) is 11.3 Å². The van der Waals surface area contributed by atoms with Crippen LogP contribution in [-0.2, 0) is 13.0 Å². The maximum absolute atomic E-state index is 5.44. The summed E-state index contributed by atoms with van der Waals surface area (Å²) in [4.78, 5) is 10.8. The van der Waals surface area contributed by atoms with E-state index in [0.717, 1.165) is 35.9 Å². The van der Waals surface area contributed by atoms with Gasteiger partial charge in [0.25, 0.3) is 0 Å². The van der Waals surface area contributed by atoms with Crippen molar-refractivity contribution in [1.82, 2.24) is 14.9 Å². The SMILES string of the molecule is CCc1c(C)nc(CN(C)C)nc1NN. The Bertz CT molecular complexity index is 335. The van der Waals surface area contributed by atoms with Crippen LogP contribution in [-0.4, -0.2) is 29.0 Å². The van der Waals surface area contributed by atoms with E-state index in [9.17, 15) is 0 Å². The fourth-order valence-corrected chi connectivity index (χ4v) is 1.55. The highest BCUT2D eigenvalue weighted by Crippen LogP contribution is 2.16. The standard InChI is InChI=1S/C10H19N5/c1-5-8-7(2)12-9(6-15(3)4)13-10(8)14-11/h5-6,11H2,1-4H3,(H,12,13,14). The van der Waals surface area contributed by atoms with Crippen molar-refractivity contribution >= 4 is 5.82 Å². The summed E-state index contributed by atoms with van der Waals surface area (Å²) in [6.45, 7) is 4.78. The molecule has 0 spiro atoms. The number of nitrogens with two attached hydrogens (primary N) is 1. The Hall–Kier alpha value is -1.20. The van der Waals surface area contributed by atoms with E-state index in [1.165, 1.54) is 0 Å². The molecule has 0 saturated carbocycles. The third-order valence-electron chi connectivity index (χ3n) is 2.21. The normalized spacial score (nSPS) is 10.8. The van der Waals surface area contributed by atoms with E-state index < -0.39 is 0 Å². The van der Waals surface area contributed by atoms with Crippen LogP contribution in [0.15, 0.2) is 0 Å². The number of aromatic nitrogens is 2. The molecule has 0 amide bonds. The fourth-order valence-electron chi connectivity index (χ4n) is 1.55. The van der Waals surface area contributed by atoms with E-state index in [2.05, 4.69) is 22.3 Å². The van der Waals surface area contributed by atoms with E-state index in [4.69, 9.17) is 5.84 Å². The van der Waals surface area contributed by atoms with Crippen molar-refractivity contribution in [2.75, 3.05) is 19.5 Å². The molecule has 1 heterocycles. The van der Waals surface area contributed by atoms with Gasteiger partial charge in [-0.25, -0.2) is 15.8 Å². The van der Waals surface area contributed by atoms with Crippen LogP contribution >= 0.6 is 0 Å². The molecule has 0 aromatic carbocycles. The highest BCUT2D eigenvalue weighted by atomic mass is 15.3. The fraction of sp³-hybridized carbons (Fsp3) is 0.600. The first kappa shape index (κ1) is 11.9.